The average Bonchev–Trinajstić information content (AvgIpc) is 2.96. The van der Waals surface area contributed by atoms with Gasteiger partial charge in [0.25, 0.3) is 0 Å². The lowest BCUT2D eigenvalue weighted by Gasteiger charge is -2.38. The Labute approximate surface area is 126 Å². The van der Waals surface area contributed by atoms with Gasteiger partial charge in [0.05, 0.1) is 0 Å². The summed E-state index contributed by atoms with van der Waals surface area (Å²) in [4.78, 5) is 2.48. The van der Waals surface area contributed by atoms with Crippen LogP contribution in [-0.2, 0) is 0 Å². The van der Waals surface area contributed by atoms with Gasteiger partial charge >= 0.3 is 0 Å². The molecule has 4 nitrogen and oxygen atoms in total. The van der Waals surface area contributed by atoms with E-state index in [0.29, 0.717) is 12.6 Å². The van der Waals surface area contributed by atoms with E-state index in [9.17, 15) is 5.11 Å². The van der Waals surface area contributed by atoms with Gasteiger partial charge in [0.1, 0.15) is 18.5 Å². The third-order valence-electron chi connectivity index (χ3n) is 4.88. The molecule has 1 saturated carbocycles. The number of benzene rings is 1. The maximum Gasteiger partial charge on any atom is 0.119 e. The monoisotopic (exact) mass is 290 g/mol. The zero-order chi connectivity index (χ0) is 14.7. The second-order valence-electron chi connectivity index (χ2n) is 6.43. The van der Waals surface area contributed by atoms with Crippen LogP contribution in [-0.4, -0.2) is 41.8 Å². The number of fused-ring (bicyclic) bond motifs is 1. The average molecular weight is 290 g/mol. The molecule has 21 heavy (non-hydrogen) atoms. The molecule has 0 amide bonds. The number of aliphatic hydroxyl groups is 1. The number of ether oxygens (including phenoxy) is 1. The molecule has 1 aliphatic carbocycles. The van der Waals surface area contributed by atoms with E-state index in [1.807, 2.05) is 24.3 Å². The zero-order valence-corrected chi connectivity index (χ0v) is 12.6. The van der Waals surface area contributed by atoms with Crippen molar-refractivity contribution in [1.82, 2.24) is 4.90 Å². The number of nitrogen functional groups attached to an aromatic ring is 1. The summed E-state index contributed by atoms with van der Waals surface area (Å²) in [5.41, 5.74) is 6.37. The van der Waals surface area contributed by atoms with Gasteiger partial charge < -0.3 is 15.6 Å². The molecule has 116 valence electrons. The number of piperidine rings is 1. The summed E-state index contributed by atoms with van der Waals surface area (Å²) < 4.78 is 5.64. The summed E-state index contributed by atoms with van der Waals surface area (Å²) >= 11 is 0. The molecular formula is C17H26N2O2. The lowest BCUT2D eigenvalue weighted by atomic mass is 9.92. The van der Waals surface area contributed by atoms with Crippen molar-refractivity contribution in [3.8, 4) is 5.75 Å². The van der Waals surface area contributed by atoms with E-state index in [-0.39, 0.29) is 0 Å². The van der Waals surface area contributed by atoms with Gasteiger partial charge in [-0.3, -0.25) is 4.90 Å². The molecule has 1 heterocycles. The number of rotatable bonds is 5. The first kappa shape index (κ1) is 14.7. The van der Waals surface area contributed by atoms with E-state index in [4.69, 9.17) is 10.5 Å². The fourth-order valence-electron chi connectivity index (χ4n) is 3.86. The number of likely N-dealkylation sites (tertiary alicyclic amines) is 1. The Hall–Kier alpha value is -1.26. The molecule has 4 heteroatoms. The molecule has 0 aromatic heterocycles. The Morgan fingerprint density at radius 2 is 1.95 bits per heavy atom. The van der Waals surface area contributed by atoms with Crippen molar-refractivity contribution in [3.05, 3.63) is 24.3 Å². The minimum Gasteiger partial charge on any atom is -0.491 e. The molecular weight excluding hydrogens is 264 g/mol. The van der Waals surface area contributed by atoms with Crippen LogP contribution in [0.4, 0.5) is 5.69 Å². The standard InChI is InChI=1S/C17H26N2O2/c18-14-6-8-16(9-7-14)21-12-15(20)11-19-10-2-4-13-3-1-5-17(13)19/h6-9,13,15,17,20H,1-5,10-12,18H2. The second kappa shape index (κ2) is 6.67. The highest BCUT2D eigenvalue weighted by Gasteiger charge is 2.35. The van der Waals surface area contributed by atoms with Crippen molar-refractivity contribution in [2.45, 2.75) is 44.2 Å². The lowest BCUT2D eigenvalue weighted by molar-refractivity contribution is 0.0287. The number of nitrogens with two attached hydrogens (primary N) is 1. The summed E-state index contributed by atoms with van der Waals surface area (Å²) in [7, 11) is 0. The van der Waals surface area contributed by atoms with Crippen LogP contribution in [0.3, 0.4) is 0 Å². The van der Waals surface area contributed by atoms with Crippen molar-refractivity contribution in [1.29, 1.82) is 0 Å². The maximum atomic E-state index is 10.2. The molecule has 1 aromatic rings. The summed E-state index contributed by atoms with van der Waals surface area (Å²) in [6.45, 7) is 2.20. The molecule has 0 radical (unpaired) electrons. The van der Waals surface area contributed by atoms with Gasteiger partial charge in [-0.15, -0.1) is 0 Å². The first-order valence-corrected chi connectivity index (χ1v) is 8.13. The minimum absolute atomic E-state index is 0.345. The van der Waals surface area contributed by atoms with E-state index < -0.39 is 6.10 Å². The molecule has 2 aliphatic rings. The summed E-state index contributed by atoms with van der Waals surface area (Å²) in [6, 6.07) is 8.02. The predicted molar refractivity (Wildman–Crippen MR) is 84.3 cm³/mol. The molecule has 0 bridgehead atoms. The molecule has 2 fully saturated rings. The number of aliphatic hydroxyl groups excluding tert-OH is 1. The van der Waals surface area contributed by atoms with Gasteiger partial charge in [-0.25, -0.2) is 0 Å². The van der Waals surface area contributed by atoms with Crippen LogP contribution in [0, 0.1) is 5.92 Å². The van der Waals surface area contributed by atoms with Crippen LogP contribution in [0.25, 0.3) is 0 Å². The van der Waals surface area contributed by atoms with Crippen molar-refractivity contribution < 1.29 is 9.84 Å². The Balaban J connectivity index is 1.47. The Bertz CT molecular complexity index is 449. The SMILES string of the molecule is Nc1ccc(OCC(O)CN2CCCC3CCCC32)cc1. The van der Waals surface area contributed by atoms with E-state index in [1.165, 1.54) is 32.1 Å². The largest absolute Gasteiger partial charge is 0.491 e. The first-order valence-electron chi connectivity index (χ1n) is 8.13. The minimum atomic E-state index is -0.429. The molecule has 3 unspecified atom stereocenters. The Morgan fingerprint density at radius 1 is 1.19 bits per heavy atom. The maximum absolute atomic E-state index is 10.2. The predicted octanol–water partition coefficient (Wildman–Crippen LogP) is 2.27. The first-order chi connectivity index (χ1) is 10.2. The van der Waals surface area contributed by atoms with Gasteiger partial charge in [0.2, 0.25) is 0 Å². The number of nitrogens with zero attached hydrogens (tertiary/aromatic N) is 1. The quantitative estimate of drug-likeness (QED) is 0.817. The molecule has 3 rings (SSSR count). The number of β-amino-alcohol motifs (C(OH)–C–C–N with tert-alkyl or cyclic N) is 1. The van der Waals surface area contributed by atoms with Crippen molar-refractivity contribution >= 4 is 5.69 Å². The van der Waals surface area contributed by atoms with E-state index >= 15 is 0 Å². The fourth-order valence-corrected chi connectivity index (χ4v) is 3.86. The molecule has 3 N–H and O–H groups in total. The summed E-state index contributed by atoms with van der Waals surface area (Å²) in [6.07, 6.45) is 6.24. The van der Waals surface area contributed by atoms with Gasteiger partial charge in [0.15, 0.2) is 0 Å². The molecule has 3 atom stereocenters. The second-order valence-corrected chi connectivity index (χ2v) is 6.43. The number of anilines is 1. The van der Waals surface area contributed by atoms with Crippen LogP contribution in [0.15, 0.2) is 24.3 Å². The summed E-state index contributed by atoms with van der Waals surface area (Å²) in [5, 5.41) is 10.2. The van der Waals surface area contributed by atoms with E-state index in [0.717, 1.165) is 30.4 Å². The number of hydrogen-bond acceptors (Lipinski definition) is 4. The van der Waals surface area contributed by atoms with E-state index in [2.05, 4.69) is 4.90 Å². The van der Waals surface area contributed by atoms with Gasteiger partial charge in [-0.1, -0.05) is 6.42 Å². The normalized spacial score (nSPS) is 27.3. The molecule has 1 saturated heterocycles. The molecule has 0 spiro atoms. The lowest BCUT2D eigenvalue weighted by Crippen LogP contribution is -2.47. The van der Waals surface area contributed by atoms with Gasteiger partial charge in [-0.2, -0.15) is 0 Å². The highest BCUT2D eigenvalue weighted by molar-refractivity contribution is 5.41. The van der Waals surface area contributed by atoms with Crippen LogP contribution in [0.2, 0.25) is 0 Å². The van der Waals surface area contributed by atoms with Gasteiger partial charge in [-0.05, 0) is 62.4 Å². The van der Waals surface area contributed by atoms with E-state index in [1.54, 1.807) is 0 Å². The smallest absolute Gasteiger partial charge is 0.119 e. The van der Waals surface area contributed by atoms with Crippen LogP contribution >= 0.6 is 0 Å². The van der Waals surface area contributed by atoms with Crippen molar-refractivity contribution in [2.75, 3.05) is 25.4 Å². The van der Waals surface area contributed by atoms with Crippen LogP contribution < -0.4 is 10.5 Å². The highest BCUT2D eigenvalue weighted by Crippen LogP contribution is 2.36. The summed E-state index contributed by atoms with van der Waals surface area (Å²) in [5.74, 6) is 1.63. The highest BCUT2D eigenvalue weighted by atomic mass is 16.5. The van der Waals surface area contributed by atoms with Crippen LogP contribution in [0.5, 0.6) is 5.75 Å². The Morgan fingerprint density at radius 3 is 2.76 bits per heavy atom. The number of hydrogen-bond donors (Lipinski definition) is 2. The molecule has 1 aliphatic heterocycles. The van der Waals surface area contributed by atoms with Crippen LogP contribution in [0.1, 0.15) is 32.1 Å². The van der Waals surface area contributed by atoms with Crippen molar-refractivity contribution in [2.24, 2.45) is 5.92 Å². The van der Waals surface area contributed by atoms with Crippen molar-refractivity contribution in [3.63, 3.8) is 0 Å². The third-order valence-corrected chi connectivity index (χ3v) is 4.88. The Kier molecular flexibility index (Phi) is 4.66. The zero-order valence-electron chi connectivity index (χ0n) is 12.6. The topological polar surface area (TPSA) is 58.7 Å². The fraction of sp³-hybridized carbons (Fsp3) is 0.647. The molecule has 1 aromatic carbocycles. The van der Waals surface area contributed by atoms with Gasteiger partial charge in [0, 0.05) is 18.3 Å². The third kappa shape index (κ3) is 3.69.